The molecule has 3 rings (SSSR count). The molecule has 1 aromatic heterocycles. The number of allylic oxidation sites excluding steroid dienone is 1. The van der Waals surface area contributed by atoms with Crippen molar-refractivity contribution in [2.75, 3.05) is 0 Å². The van der Waals surface area contributed by atoms with E-state index in [2.05, 4.69) is 11.9 Å². The molecule has 2 aromatic carbocycles. The highest BCUT2D eigenvalue weighted by molar-refractivity contribution is 6.06. The lowest BCUT2D eigenvalue weighted by atomic mass is 10.1. The third kappa shape index (κ3) is 8.05. The molecule has 0 aliphatic heterocycles. The van der Waals surface area contributed by atoms with Gasteiger partial charge in [-0.05, 0) is 62.9 Å². The average molecular weight is 543 g/mol. The number of carboxylic acid groups (broad SMARTS) is 1. The molecule has 1 heterocycles. The third-order valence-corrected chi connectivity index (χ3v) is 6.23. The van der Waals surface area contributed by atoms with Gasteiger partial charge < -0.3 is 14.4 Å². The van der Waals surface area contributed by atoms with Crippen LogP contribution in [0.3, 0.4) is 0 Å². The molecule has 0 saturated heterocycles. The highest BCUT2D eigenvalue weighted by Crippen LogP contribution is 2.29. The molecule has 1 N–H and O–H groups in total. The molecule has 0 radical (unpaired) electrons. The number of hydrogen-bond acceptors (Lipinski definition) is 4. The van der Waals surface area contributed by atoms with E-state index in [1.54, 1.807) is 24.4 Å². The Morgan fingerprint density at radius 3 is 2.44 bits per heavy atom. The number of halogens is 3. The number of aryl methyl sites for hydroxylation is 1. The topological polar surface area (TPSA) is 81.4 Å². The quantitative estimate of drug-likeness (QED) is 0.182. The van der Waals surface area contributed by atoms with Crippen LogP contribution in [0.4, 0.5) is 13.2 Å². The molecule has 9 heteroatoms. The van der Waals surface area contributed by atoms with Gasteiger partial charge in [-0.15, -0.1) is 0 Å². The first kappa shape index (κ1) is 29.7. The van der Waals surface area contributed by atoms with Gasteiger partial charge in [0.1, 0.15) is 5.75 Å². The second-order valence-electron chi connectivity index (χ2n) is 9.77. The van der Waals surface area contributed by atoms with Gasteiger partial charge in [0.05, 0.1) is 5.56 Å². The minimum atomic E-state index is -4.48. The van der Waals surface area contributed by atoms with E-state index < -0.39 is 29.1 Å². The number of rotatable bonds is 13. The predicted octanol–water partition coefficient (Wildman–Crippen LogP) is 7.21. The van der Waals surface area contributed by atoms with Gasteiger partial charge in [-0.2, -0.15) is 13.2 Å². The van der Waals surface area contributed by atoms with Crippen LogP contribution in [0.25, 0.3) is 6.08 Å². The van der Waals surface area contributed by atoms with Gasteiger partial charge in [-0.1, -0.05) is 56.2 Å². The average Bonchev–Trinajstić information content (AvgIpc) is 3.28. The first-order valence-corrected chi connectivity index (χ1v) is 12.9. The summed E-state index contributed by atoms with van der Waals surface area (Å²) in [6.45, 7) is 5.52. The summed E-state index contributed by atoms with van der Waals surface area (Å²) in [6.07, 6.45) is 5.32. The summed E-state index contributed by atoms with van der Waals surface area (Å²) in [5.41, 5.74) is -0.309. The SMILES string of the molecule is CCCCCc1cnc(C(=O)c2ccc(C(F)(F)F)cc2)n1CC/C=C/c1cccc(OC(C)(C)C(=O)O)c1. The molecule has 39 heavy (non-hydrogen) atoms. The number of alkyl halides is 3. The lowest BCUT2D eigenvalue weighted by Crippen LogP contribution is -2.37. The first-order valence-electron chi connectivity index (χ1n) is 12.9. The molecule has 3 aromatic rings. The molecular weight excluding hydrogens is 509 g/mol. The Balaban J connectivity index is 1.76. The molecule has 0 unspecified atom stereocenters. The van der Waals surface area contributed by atoms with E-state index in [1.165, 1.54) is 26.0 Å². The normalized spacial score (nSPS) is 12.2. The molecule has 208 valence electrons. The van der Waals surface area contributed by atoms with Crippen molar-refractivity contribution in [1.82, 2.24) is 9.55 Å². The van der Waals surface area contributed by atoms with Crippen LogP contribution in [-0.2, 0) is 23.9 Å². The summed E-state index contributed by atoms with van der Waals surface area (Å²) in [5.74, 6) is -0.872. The van der Waals surface area contributed by atoms with Crippen molar-refractivity contribution in [1.29, 1.82) is 0 Å². The summed E-state index contributed by atoms with van der Waals surface area (Å²) >= 11 is 0. The summed E-state index contributed by atoms with van der Waals surface area (Å²) in [4.78, 5) is 28.9. The van der Waals surface area contributed by atoms with E-state index >= 15 is 0 Å². The number of nitrogens with zero attached hydrogens (tertiary/aromatic N) is 2. The molecule has 0 atom stereocenters. The summed E-state index contributed by atoms with van der Waals surface area (Å²) in [7, 11) is 0. The Hall–Kier alpha value is -3.88. The Kier molecular flexibility index (Phi) is 9.72. The number of unbranched alkanes of at least 4 members (excludes halogenated alkanes) is 2. The zero-order valence-electron chi connectivity index (χ0n) is 22.3. The van der Waals surface area contributed by atoms with Crippen LogP contribution >= 0.6 is 0 Å². The van der Waals surface area contributed by atoms with E-state index in [0.717, 1.165) is 49.1 Å². The fourth-order valence-corrected chi connectivity index (χ4v) is 3.98. The lowest BCUT2D eigenvalue weighted by Gasteiger charge is -2.21. The Labute approximate surface area is 226 Å². The second-order valence-corrected chi connectivity index (χ2v) is 9.77. The largest absolute Gasteiger partial charge is 0.478 e. The minimum absolute atomic E-state index is 0.145. The van der Waals surface area contributed by atoms with Crippen molar-refractivity contribution >= 4 is 17.8 Å². The number of aliphatic carboxylic acids is 1. The number of carbonyl (C=O) groups excluding carboxylic acids is 1. The summed E-state index contributed by atoms with van der Waals surface area (Å²) in [5, 5.41) is 9.29. The number of imidazole rings is 1. The van der Waals surface area contributed by atoms with Crippen molar-refractivity contribution < 1.29 is 32.6 Å². The van der Waals surface area contributed by atoms with Crippen LogP contribution in [0.15, 0.2) is 60.8 Å². The highest BCUT2D eigenvalue weighted by atomic mass is 19.4. The molecule has 0 spiro atoms. The second kappa shape index (κ2) is 12.8. The molecule has 0 aliphatic carbocycles. The molecule has 0 saturated carbocycles. The molecule has 6 nitrogen and oxygen atoms in total. The van der Waals surface area contributed by atoms with Crippen molar-refractivity contribution in [3.8, 4) is 5.75 Å². The van der Waals surface area contributed by atoms with E-state index in [-0.39, 0.29) is 11.4 Å². The van der Waals surface area contributed by atoms with Crippen molar-refractivity contribution in [3.05, 3.63) is 89.0 Å². The van der Waals surface area contributed by atoms with Gasteiger partial charge in [0.2, 0.25) is 5.78 Å². The van der Waals surface area contributed by atoms with Crippen LogP contribution in [-0.4, -0.2) is 32.0 Å². The standard InChI is InChI=1S/C30H33F3N2O4/c1-4-5-6-12-24-20-34-27(26(36)22-14-16-23(17-15-22)30(31,32)33)35(24)18-8-7-10-21-11-9-13-25(19-21)39-29(2,3)28(37)38/h7,9-11,13-17,19-20H,4-6,8,12,18H2,1-3H3,(H,37,38)/b10-7+. The number of ketones is 1. The van der Waals surface area contributed by atoms with Gasteiger partial charge in [0.15, 0.2) is 11.4 Å². The number of benzene rings is 2. The van der Waals surface area contributed by atoms with E-state index in [0.29, 0.717) is 18.7 Å². The molecule has 0 amide bonds. The van der Waals surface area contributed by atoms with Gasteiger partial charge in [-0.3, -0.25) is 4.79 Å². The Morgan fingerprint density at radius 1 is 1.08 bits per heavy atom. The summed E-state index contributed by atoms with van der Waals surface area (Å²) in [6, 6.07) is 11.2. The van der Waals surface area contributed by atoms with Gasteiger partial charge in [0, 0.05) is 24.0 Å². The fourth-order valence-electron chi connectivity index (χ4n) is 3.98. The van der Waals surface area contributed by atoms with E-state index in [9.17, 15) is 27.9 Å². The molecule has 0 fully saturated rings. The van der Waals surface area contributed by atoms with Crippen molar-refractivity contribution in [2.24, 2.45) is 0 Å². The smallest absolute Gasteiger partial charge is 0.416 e. The summed E-state index contributed by atoms with van der Waals surface area (Å²) < 4.78 is 46.3. The third-order valence-electron chi connectivity index (χ3n) is 6.23. The number of hydrogen-bond donors (Lipinski definition) is 1. The highest BCUT2D eigenvalue weighted by Gasteiger charge is 2.31. The fraction of sp³-hybridized carbons (Fsp3) is 0.367. The lowest BCUT2D eigenvalue weighted by molar-refractivity contribution is -0.152. The maximum Gasteiger partial charge on any atom is 0.416 e. The maximum absolute atomic E-state index is 13.2. The van der Waals surface area contributed by atoms with Gasteiger partial charge >= 0.3 is 12.1 Å². The zero-order valence-corrected chi connectivity index (χ0v) is 22.3. The molecule has 0 bridgehead atoms. The van der Waals surface area contributed by atoms with Crippen LogP contribution in [0.5, 0.6) is 5.75 Å². The number of aromatic nitrogens is 2. The van der Waals surface area contributed by atoms with Crippen LogP contribution in [0, 0.1) is 0 Å². The van der Waals surface area contributed by atoms with Crippen molar-refractivity contribution in [3.63, 3.8) is 0 Å². The molecular formula is C30H33F3N2O4. The zero-order chi connectivity index (χ0) is 28.6. The van der Waals surface area contributed by atoms with Gasteiger partial charge in [0.25, 0.3) is 0 Å². The predicted molar refractivity (Wildman–Crippen MR) is 143 cm³/mol. The monoisotopic (exact) mass is 542 g/mol. The van der Waals surface area contributed by atoms with Crippen molar-refractivity contribution in [2.45, 2.75) is 71.2 Å². The number of carbonyl (C=O) groups is 2. The Bertz CT molecular complexity index is 1310. The number of carboxylic acids is 1. The van der Waals surface area contributed by atoms with Gasteiger partial charge in [-0.25, -0.2) is 9.78 Å². The van der Waals surface area contributed by atoms with Crippen LogP contribution in [0.2, 0.25) is 0 Å². The maximum atomic E-state index is 13.2. The molecule has 0 aliphatic rings. The first-order chi connectivity index (χ1) is 18.4. The van der Waals surface area contributed by atoms with Crippen LogP contribution in [0.1, 0.15) is 79.5 Å². The van der Waals surface area contributed by atoms with Crippen LogP contribution < -0.4 is 4.74 Å². The Morgan fingerprint density at radius 2 is 1.79 bits per heavy atom. The minimum Gasteiger partial charge on any atom is -0.478 e. The number of ether oxygens (including phenoxy) is 1. The van der Waals surface area contributed by atoms with E-state index in [1.807, 2.05) is 22.8 Å². The van der Waals surface area contributed by atoms with E-state index in [4.69, 9.17) is 4.74 Å².